The van der Waals surface area contributed by atoms with Crippen molar-refractivity contribution in [2.24, 2.45) is 0 Å². The van der Waals surface area contributed by atoms with Gasteiger partial charge in [0.15, 0.2) is 0 Å². The second-order valence-corrected chi connectivity index (χ2v) is 16.6. The first-order chi connectivity index (χ1) is 30.3. The Kier molecular flexibility index (Phi) is 7.21. The Morgan fingerprint density at radius 3 is 1.54 bits per heavy atom. The molecule has 61 heavy (non-hydrogen) atoms. The summed E-state index contributed by atoms with van der Waals surface area (Å²) in [7, 11) is 0. The van der Waals surface area contributed by atoms with E-state index in [1.807, 2.05) is 0 Å². The van der Waals surface area contributed by atoms with Crippen LogP contribution in [0, 0.1) is 0 Å². The average molecular weight is 775 g/mol. The third kappa shape index (κ3) is 4.50. The highest BCUT2D eigenvalue weighted by molar-refractivity contribution is 6.08. The molecule has 0 N–H and O–H groups in total. The summed E-state index contributed by atoms with van der Waals surface area (Å²) in [6.45, 7) is 0. The fourth-order valence-corrected chi connectivity index (χ4v) is 11.5. The highest BCUT2D eigenvalue weighted by Crippen LogP contribution is 2.63. The molecule has 1 unspecified atom stereocenters. The minimum atomic E-state index is -0.608. The van der Waals surface area contributed by atoms with Crippen LogP contribution in [-0.4, -0.2) is 0 Å². The Morgan fingerprint density at radius 2 is 0.787 bits per heavy atom. The van der Waals surface area contributed by atoms with Crippen molar-refractivity contribution >= 4 is 10.8 Å². The molecule has 13 rings (SSSR count). The lowest BCUT2D eigenvalue weighted by Gasteiger charge is -2.41. The van der Waals surface area contributed by atoms with Crippen molar-refractivity contribution < 1.29 is 4.74 Å². The van der Waals surface area contributed by atoms with Gasteiger partial charge in [-0.1, -0.05) is 212 Å². The number of hydrogen-bond acceptors (Lipinski definition) is 1. The van der Waals surface area contributed by atoms with E-state index >= 15 is 0 Å². The van der Waals surface area contributed by atoms with Gasteiger partial charge in [-0.2, -0.15) is 0 Å². The predicted octanol–water partition coefficient (Wildman–Crippen LogP) is 15.0. The van der Waals surface area contributed by atoms with E-state index in [2.05, 4.69) is 231 Å². The highest BCUT2D eigenvalue weighted by Gasteiger charge is 2.51. The standard InChI is InChI=1S/C60H38O/c1-3-20-41(21-4-1)59(42-22-5-2-6-23-42)51-32-13-14-35-55(51)61-56-37-36-40(38-54(56)59)43-24-7-8-25-44(43)46-29-17-34-53-58(46)48-27-10-12-31-50(48)60(53)49-30-11-9-26-45(49)47-28-15-18-39-19-16-33-52(60)57(39)47/h1-38H. The topological polar surface area (TPSA) is 9.23 Å². The van der Waals surface area contributed by atoms with E-state index in [0.717, 1.165) is 28.2 Å². The number of hydrogen-bond donors (Lipinski definition) is 0. The van der Waals surface area contributed by atoms with Crippen LogP contribution in [0.4, 0.5) is 0 Å². The molecule has 0 saturated carbocycles. The SMILES string of the molecule is c1ccc(C2(c3ccccc3)c3ccccc3Oc3ccc(-c4ccccc4-c4cccc5c4-c4ccccc4C54c5ccccc5-c5cccc6cccc4c56)cc32)cc1. The van der Waals surface area contributed by atoms with Crippen LogP contribution in [-0.2, 0) is 10.8 Å². The summed E-state index contributed by atoms with van der Waals surface area (Å²) >= 11 is 0. The Labute approximate surface area is 355 Å². The number of para-hydroxylation sites is 1. The van der Waals surface area contributed by atoms with E-state index in [4.69, 9.17) is 4.74 Å². The molecular weight excluding hydrogens is 737 g/mol. The Morgan fingerprint density at radius 1 is 0.279 bits per heavy atom. The van der Waals surface area contributed by atoms with Gasteiger partial charge in [-0.15, -0.1) is 0 Å². The fraction of sp³-hybridized carbons (Fsp3) is 0.0333. The lowest BCUT2D eigenvalue weighted by Crippen LogP contribution is -2.34. The summed E-state index contributed by atoms with van der Waals surface area (Å²) in [6, 6.07) is 85.2. The van der Waals surface area contributed by atoms with Gasteiger partial charge in [0.1, 0.15) is 11.5 Å². The minimum Gasteiger partial charge on any atom is -0.457 e. The quantitative estimate of drug-likeness (QED) is 0.173. The van der Waals surface area contributed by atoms with Gasteiger partial charge in [0.05, 0.1) is 10.8 Å². The summed E-state index contributed by atoms with van der Waals surface area (Å²) in [4.78, 5) is 0. The van der Waals surface area contributed by atoms with Gasteiger partial charge in [0, 0.05) is 11.1 Å². The Bertz CT molecular complexity index is 3350. The smallest absolute Gasteiger partial charge is 0.132 e. The monoisotopic (exact) mass is 774 g/mol. The first-order valence-electron chi connectivity index (χ1n) is 21.3. The van der Waals surface area contributed by atoms with Crippen molar-refractivity contribution in [2.75, 3.05) is 0 Å². The predicted molar refractivity (Wildman–Crippen MR) is 250 cm³/mol. The molecule has 0 aromatic heterocycles. The molecule has 284 valence electrons. The molecule has 2 aliphatic carbocycles. The van der Waals surface area contributed by atoms with Crippen LogP contribution in [0.2, 0.25) is 0 Å². The maximum Gasteiger partial charge on any atom is 0.132 e. The molecule has 0 fully saturated rings. The maximum absolute atomic E-state index is 6.82. The van der Waals surface area contributed by atoms with Crippen LogP contribution in [0.15, 0.2) is 231 Å². The van der Waals surface area contributed by atoms with Crippen molar-refractivity contribution in [2.45, 2.75) is 10.8 Å². The van der Waals surface area contributed by atoms with Crippen molar-refractivity contribution in [1.29, 1.82) is 0 Å². The van der Waals surface area contributed by atoms with Crippen LogP contribution >= 0.6 is 0 Å². The van der Waals surface area contributed by atoms with Crippen LogP contribution in [0.1, 0.15) is 44.5 Å². The van der Waals surface area contributed by atoms with Crippen molar-refractivity contribution in [3.63, 3.8) is 0 Å². The molecule has 0 bridgehead atoms. The second kappa shape index (κ2) is 12.9. The lowest BCUT2D eigenvalue weighted by atomic mass is 9.61. The number of rotatable bonds is 4. The van der Waals surface area contributed by atoms with Crippen LogP contribution in [0.25, 0.3) is 55.3 Å². The van der Waals surface area contributed by atoms with Gasteiger partial charge in [-0.25, -0.2) is 0 Å². The van der Waals surface area contributed by atoms with Crippen LogP contribution < -0.4 is 4.74 Å². The molecule has 0 saturated heterocycles. The van der Waals surface area contributed by atoms with Gasteiger partial charge in [-0.05, 0) is 107 Å². The van der Waals surface area contributed by atoms with E-state index in [1.54, 1.807) is 0 Å². The summed E-state index contributed by atoms with van der Waals surface area (Å²) in [6.07, 6.45) is 0. The summed E-state index contributed by atoms with van der Waals surface area (Å²) in [5.74, 6) is 1.75. The second-order valence-electron chi connectivity index (χ2n) is 16.6. The van der Waals surface area contributed by atoms with E-state index in [1.165, 1.54) is 83.1 Å². The summed E-state index contributed by atoms with van der Waals surface area (Å²) < 4.78 is 6.82. The van der Waals surface area contributed by atoms with E-state index in [9.17, 15) is 0 Å². The van der Waals surface area contributed by atoms with Gasteiger partial charge in [0.2, 0.25) is 0 Å². The van der Waals surface area contributed by atoms with Gasteiger partial charge >= 0.3 is 0 Å². The largest absolute Gasteiger partial charge is 0.457 e. The molecule has 1 heterocycles. The first-order valence-corrected chi connectivity index (χ1v) is 21.3. The van der Waals surface area contributed by atoms with Gasteiger partial charge < -0.3 is 4.74 Å². The molecule has 0 radical (unpaired) electrons. The van der Waals surface area contributed by atoms with E-state index in [-0.39, 0.29) is 0 Å². The molecule has 1 atom stereocenters. The third-order valence-corrected chi connectivity index (χ3v) is 13.8. The molecule has 1 nitrogen and oxygen atoms in total. The van der Waals surface area contributed by atoms with Gasteiger partial charge in [-0.3, -0.25) is 0 Å². The molecule has 10 aromatic rings. The van der Waals surface area contributed by atoms with Crippen LogP contribution in [0.5, 0.6) is 11.5 Å². The third-order valence-electron chi connectivity index (χ3n) is 13.8. The fourth-order valence-electron chi connectivity index (χ4n) is 11.5. The molecule has 0 amide bonds. The number of ether oxygens (including phenoxy) is 1. The zero-order chi connectivity index (χ0) is 40.1. The normalized spacial score (nSPS) is 15.9. The maximum atomic E-state index is 6.82. The zero-order valence-corrected chi connectivity index (χ0v) is 33.3. The number of fused-ring (bicyclic) bond motifs is 11. The highest BCUT2D eigenvalue weighted by atomic mass is 16.5. The zero-order valence-electron chi connectivity index (χ0n) is 33.3. The Balaban J connectivity index is 1.08. The van der Waals surface area contributed by atoms with Crippen molar-refractivity contribution in [3.8, 4) is 56.0 Å². The van der Waals surface area contributed by atoms with Gasteiger partial charge in [0.25, 0.3) is 0 Å². The van der Waals surface area contributed by atoms with Crippen molar-refractivity contribution in [3.05, 3.63) is 275 Å². The molecule has 1 heteroatoms. The summed E-state index contributed by atoms with van der Waals surface area (Å²) in [5, 5.41) is 2.62. The molecular formula is C60H38O. The molecule has 10 aromatic carbocycles. The Hall–Kier alpha value is -7.74. The first kappa shape index (κ1) is 34.2. The van der Waals surface area contributed by atoms with E-state index < -0.39 is 10.8 Å². The van der Waals surface area contributed by atoms with Crippen LogP contribution in [0.3, 0.4) is 0 Å². The molecule has 1 spiro atoms. The van der Waals surface area contributed by atoms with Crippen molar-refractivity contribution in [1.82, 2.24) is 0 Å². The molecule has 1 aliphatic heterocycles. The minimum absolute atomic E-state index is 0.483. The average Bonchev–Trinajstić information content (AvgIpc) is 3.63. The summed E-state index contributed by atoms with van der Waals surface area (Å²) in [5.41, 5.74) is 18.9. The lowest BCUT2D eigenvalue weighted by molar-refractivity contribution is 0.434. The number of benzene rings is 10. The molecule has 3 aliphatic rings. The van der Waals surface area contributed by atoms with E-state index in [0.29, 0.717) is 0 Å².